The van der Waals surface area contributed by atoms with E-state index in [1.54, 1.807) is 12.1 Å². The smallest absolute Gasteiger partial charge is 0.254 e. The van der Waals surface area contributed by atoms with Crippen LogP contribution in [-0.2, 0) is 0 Å². The summed E-state index contributed by atoms with van der Waals surface area (Å²) in [6.07, 6.45) is 1.07. The Morgan fingerprint density at radius 3 is 3.00 bits per heavy atom. The topological polar surface area (TPSA) is 23.6 Å². The van der Waals surface area contributed by atoms with E-state index in [1.165, 1.54) is 12.1 Å². The van der Waals surface area contributed by atoms with Gasteiger partial charge >= 0.3 is 0 Å². The molecule has 4 heteroatoms. The normalized spacial score (nSPS) is 27.6. The van der Waals surface area contributed by atoms with Crippen LogP contribution >= 0.6 is 0 Å². The average Bonchev–Trinajstić information content (AvgIpc) is 2.87. The van der Waals surface area contributed by atoms with Crippen LogP contribution in [0, 0.1) is 11.7 Å². The SMILES string of the molecule is CN1CC2CCN(C(=O)c3cccc(F)c3)C2C1. The van der Waals surface area contributed by atoms with E-state index >= 15 is 0 Å². The number of benzene rings is 1. The highest BCUT2D eigenvalue weighted by molar-refractivity contribution is 5.94. The van der Waals surface area contributed by atoms with Crippen LogP contribution in [-0.4, -0.2) is 48.4 Å². The van der Waals surface area contributed by atoms with Gasteiger partial charge in [-0.05, 0) is 37.6 Å². The van der Waals surface area contributed by atoms with Crippen molar-refractivity contribution >= 4 is 5.91 Å². The summed E-state index contributed by atoms with van der Waals surface area (Å²) in [7, 11) is 2.09. The number of likely N-dealkylation sites (tertiary alicyclic amines) is 2. The Hall–Kier alpha value is -1.42. The van der Waals surface area contributed by atoms with E-state index in [2.05, 4.69) is 11.9 Å². The van der Waals surface area contributed by atoms with Crippen molar-refractivity contribution in [3.8, 4) is 0 Å². The number of carbonyl (C=O) groups excluding carboxylic acids is 1. The second-order valence-electron chi connectivity index (χ2n) is 5.35. The Morgan fingerprint density at radius 2 is 2.22 bits per heavy atom. The maximum Gasteiger partial charge on any atom is 0.254 e. The molecule has 2 heterocycles. The molecule has 3 rings (SSSR count). The van der Waals surface area contributed by atoms with Crippen molar-refractivity contribution in [3.63, 3.8) is 0 Å². The third-order valence-corrected chi connectivity index (χ3v) is 4.06. The third-order valence-electron chi connectivity index (χ3n) is 4.06. The Bertz CT molecular complexity index is 477. The summed E-state index contributed by atoms with van der Waals surface area (Å²) in [5, 5.41) is 0. The molecular weight excluding hydrogens is 231 g/mol. The molecule has 0 spiro atoms. The largest absolute Gasteiger partial charge is 0.334 e. The number of carbonyl (C=O) groups is 1. The fraction of sp³-hybridized carbons (Fsp3) is 0.500. The molecule has 0 N–H and O–H groups in total. The van der Waals surface area contributed by atoms with Crippen LogP contribution in [0.5, 0.6) is 0 Å². The monoisotopic (exact) mass is 248 g/mol. The van der Waals surface area contributed by atoms with Crippen molar-refractivity contribution in [2.24, 2.45) is 5.92 Å². The lowest BCUT2D eigenvalue weighted by atomic mass is 10.0. The zero-order valence-corrected chi connectivity index (χ0v) is 10.5. The zero-order valence-electron chi connectivity index (χ0n) is 10.5. The summed E-state index contributed by atoms with van der Waals surface area (Å²) >= 11 is 0. The highest BCUT2D eigenvalue weighted by Gasteiger charge is 2.42. The molecule has 3 nitrogen and oxygen atoms in total. The molecule has 96 valence electrons. The van der Waals surface area contributed by atoms with Crippen LogP contribution < -0.4 is 0 Å². The van der Waals surface area contributed by atoms with Gasteiger partial charge in [0.15, 0.2) is 0 Å². The van der Waals surface area contributed by atoms with Gasteiger partial charge in [-0.3, -0.25) is 4.79 Å². The van der Waals surface area contributed by atoms with Crippen LogP contribution in [0.15, 0.2) is 24.3 Å². The predicted molar refractivity (Wildman–Crippen MR) is 66.8 cm³/mol. The van der Waals surface area contributed by atoms with Gasteiger partial charge < -0.3 is 9.80 Å². The first-order valence-electron chi connectivity index (χ1n) is 6.40. The zero-order chi connectivity index (χ0) is 12.7. The number of amides is 1. The van der Waals surface area contributed by atoms with Crippen LogP contribution in [0.2, 0.25) is 0 Å². The maximum atomic E-state index is 13.2. The number of fused-ring (bicyclic) bond motifs is 1. The number of halogens is 1. The van der Waals surface area contributed by atoms with Crippen molar-refractivity contribution in [2.45, 2.75) is 12.5 Å². The molecule has 2 atom stereocenters. The first-order valence-corrected chi connectivity index (χ1v) is 6.40. The van der Waals surface area contributed by atoms with Gasteiger partial charge in [0.05, 0.1) is 0 Å². The lowest BCUT2D eigenvalue weighted by Gasteiger charge is -2.24. The van der Waals surface area contributed by atoms with E-state index in [4.69, 9.17) is 0 Å². The molecule has 1 aromatic carbocycles. The number of hydrogen-bond acceptors (Lipinski definition) is 2. The molecule has 0 radical (unpaired) electrons. The van der Waals surface area contributed by atoms with Gasteiger partial charge in [-0.2, -0.15) is 0 Å². The predicted octanol–water partition coefficient (Wildman–Crippen LogP) is 1.60. The van der Waals surface area contributed by atoms with Crippen molar-refractivity contribution in [1.29, 1.82) is 0 Å². The molecular formula is C14H17FN2O. The van der Waals surface area contributed by atoms with Crippen molar-refractivity contribution < 1.29 is 9.18 Å². The van der Waals surface area contributed by atoms with E-state index in [9.17, 15) is 9.18 Å². The molecule has 0 saturated carbocycles. The molecule has 2 unspecified atom stereocenters. The van der Waals surface area contributed by atoms with Gasteiger partial charge in [0.1, 0.15) is 5.82 Å². The van der Waals surface area contributed by atoms with Gasteiger partial charge in [-0.1, -0.05) is 6.07 Å². The lowest BCUT2D eigenvalue weighted by Crippen LogP contribution is -2.39. The maximum absolute atomic E-state index is 13.2. The fourth-order valence-electron chi connectivity index (χ4n) is 3.21. The highest BCUT2D eigenvalue weighted by Crippen LogP contribution is 2.31. The summed E-state index contributed by atoms with van der Waals surface area (Å²) in [5.74, 6) is 0.213. The second-order valence-corrected chi connectivity index (χ2v) is 5.35. The summed E-state index contributed by atoms with van der Waals surface area (Å²) in [6.45, 7) is 2.81. The van der Waals surface area contributed by atoms with Gasteiger partial charge in [0.25, 0.3) is 5.91 Å². The third kappa shape index (κ3) is 1.90. The summed E-state index contributed by atoms with van der Waals surface area (Å²) in [4.78, 5) is 16.6. The highest BCUT2D eigenvalue weighted by atomic mass is 19.1. The van der Waals surface area contributed by atoms with Crippen LogP contribution in [0.25, 0.3) is 0 Å². The summed E-state index contributed by atoms with van der Waals surface area (Å²) in [6, 6.07) is 6.29. The van der Waals surface area contributed by atoms with Gasteiger partial charge in [-0.15, -0.1) is 0 Å². The molecule has 2 aliphatic heterocycles. The van der Waals surface area contributed by atoms with Crippen LogP contribution in [0.3, 0.4) is 0 Å². The minimum Gasteiger partial charge on any atom is -0.334 e. The first kappa shape index (κ1) is 11.7. The van der Waals surface area contributed by atoms with E-state index in [0.29, 0.717) is 17.5 Å². The average molecular weight is 248 g/mol. The number of rotatable bonds is 1. The quantitative estimate of drug-likeness (QED) is 0.753. The molecule has 0 bridgehead atoms. The van der Waals surface area contributed by atoms with Crippen LogP contribution in [0.1, 0.15) is 16.8 Å². The Morgan fingerprint density at radius 1 is 1.39 bits per heavy atom. The van der Waals surface area contributed by atoms with E-state index in [-0.39, 0.29) is 11.7 Å². The van der Waals surface area contributed by atoms with Crippen molar-refractivity contribution in [3.05, 3.63) is 35.6 Å². The van der Waals surface area contributed by atoms with Crippen LogP contribution in [0.4, 0.5) is 4.39 Å². The molecule has 0 aromatic heterocycles. The van der Waals surface area contributed by atoms with Crippen molar-refractivity contribution in [1.82, 2.24) is 9.80 Å². The number of nitrogens with zero attached hydrogens (tertiary/aromatic N) is 2. The van der Waals surface area contributed by atoms with Gasteiger partial charge in [-0.25, -0.2) is 4.39 Å². The second kappa shape index (κ2) is 4.35. The Balaban J connectivity index is 1.81. The summed E-state index contributed by atoms with van der Waals surface area (Å²) in [5.41, 5.74) is 0.463. The van der Waals surface area contributed by atoms with E-state index in [1.807, 2.05) is 4.90 Å². The van der Waals surface area contributed by atoms with E-state index < -0.39 is 0 Å². The standard InChI is InChI=1S/C14H17FN2O/c1-16-8-11-5-6-17(13(11)9-16)14(18)10-3-2-4-12(15)7-10/h2-4,7,11,13H,5-6,8-9H2,1H3. The lowest BCUT2D eigenvalue weighted by molar-refractivity contribution is 0.0729. The molecule has 1 aromatic rings. The summed E-state index contributed by atoms with van der Waals surface area (Å²) < 4.78 is 13.2. The molecule has 18 heavy (non-hydrogen) atoms. The van der Waals surface area contributed by atoms with Gasteiger partial charge in [0, 0.05) is 31.2 Å². The Labute approximate surface area is 106 Å². The number of likely N-dealkylation sites (N-methyl/N-ethyl adjacent to an activating group) is 1. The van der Waals surface area contributed by atoms with E-state index in [0.717, 1.165) is 26.1 Å². The van der Waals surface area contributed by atoms with Crippen molar-refractivity contribution in [2.75, 3.05) is 26.7 Å². The molecule has 1 amide bonds. The Kier molecular flexibility index (Phi) is 2.82. The minimum atomic E-state index is -0.347. The molecule has 2 aliphatic rings. The molecule has 2 fully saturated rings. The molecule has 0 aliphatic carbocycles. The number of hydrogen-bond donors (Lipinski definition) is 0. The van der Waals surface area contributed by atoms with Gasteiger partial charge in [0.2, 0.25) is 0 Å². The molecule has 2 saturated heterocycles. The minimum absolute atomic E-state index is 0.0303. The first-order chi connectivity index (χ1) is 8.65. The fourth-order valence-corrected chi connectivity index (χ4v) is 3.21.